The molecule has 690 valence electrons. The molecule has 0 atom stereocenters. The van der Waals surface area contributed by atoms with Gasteiger partial charge < -0.3 is 19.3 Å². The Labute approximate surface area is 810 Å². The number of hydrogen-bond donors (Lipinski definition) is 5. The lowest BCUT2D eigenvalue weighted by Crippen LogP contribution is -2.36. The van der Waals surface area contributed by atoms with E-state index >= 15 is 0 Å². The van der Waals surface area contributed by atoms with Crippen molar-refractivity contribution in [2.24, 2.45) is 0 Å². The van der Waals surface area contributed by atoms with Gasteiger partial charge in [-0.15, -0.1) is 56.7 Å². The van der Waals surface area contributed by atoms with E-state index in [2.05, 4.69) is 133 Å². The number of hydrogen-bond acceptors (Lipinski definition) is 24. The average Bonchev–Trinajstić information content (AvgIpc) is 1.60. The Morgan fingerprint density at radius 1 is 0.382 bits per heavy atom. The molecule has 2 saturated heterocycles. The number of carbonyl (C=O) groups is 5. The maximum Gasteiger partial charge on any atom is 0.269 e. The van der Waals surface area contributed by atoms with Crippen LogP contribution in [0.15, 0.2) is 246 Å². The molecule has 2 fully saturated rings. The third-order valence-corrected chi connectivity index (χ3v) is 25.7. The highest BCUT2D eigenvalue weighted by atomic mass is 32.1. The first-order valence-corrected chi connectivity index (χ1v) is 47.7. The number of ether oxygens (including phenoxy) is 2. The number of nitrogens with zero attached hydrogens (tertiary/aromatic N) is 12. The van der Waals surface area contributed by atoms with Crippen LogP contribution in [0.4, 0.5) is 48.4 Å². The Morgan fingerprint density at radius 2 is 0.676 bits per heavy atom. The predicted molar refractivity (Wildman–Crippen MR) is 550 cm³/mol. The first kappa shape index (κ1) is 98.5. The first-order valence-electron chi connectivity index (χ1n) is 43.4. The number of nitro benzene ring substituents is 1. The van der Waals surface area contributed by atoms with Gasteiger partial charge in [0.15, 0.2) is 31.3 Å². The van der Waals surface area contributed by atoms with E-state index in [9.17, 15) is 34.1 Å². The third-order valence-electron chi connectivity index (χ3n) is 22.0. The van der Waals surface area contributed by atoms with Crippen LogP contribution < -0.4 is 41.1 Å². The summed E-state index contributed by atoms with van der Waals surface area (Å²) in [5.74, 6) is 0.275. The minimum Gasteiger partial charge on any atom is -0.437 e. The summed E-state index contributed by atoms with van der Waals surface area (Å²) in [4.78, 5) is 116. The molecule has 7 aromatic heterocycles. The fourth-order valence-electron chi connectivity index (χ4n) is 15.8. The number of rotatable bonds is 20. The SMILES string of the molecule is C.Cc1cc(N2CCCCC2)cc(C)c1-c1csc(NC(=O)c2ccccc2)n1.Cc1cc(N2CCOCC2)cc(C)c1-c1csc(NC(=O)c2ccccc2)n1.Cc1cc([N+](=O)[O-])cc(C)c1-c1csc(NC(=O)c2ccccc2)n1.Cc1cncc(Oc2cc(C)c(-c3csc(NC(=O)c4ccccc4)n3)c(C)c2)n1.[C-]#[N+]c1cc(C)c(-c2csc(NC(=O)c3ccncc3)n2)c(C)c1. The molecule has 9 aromatic carbocycles. The molecule has 2 aliphatic rings. The second kappa shape index (κ2) is 46.6. The second-order valence-corrected chi connectivity index (χ2v) is 36.3. The van der Waals surface area contributed by atoms with Crippen molar-refractivity contribution in [3.63, 3.8) is 0 Å². The zero-order valence-corrected chi connectivity index (χ0v) is 80.2. The highest BCUT2D eigenvalue weighted by molar-refractivity contribution is 7.15. The highest BCUT2D eigenvalue weighted by Crippen LogP contribution is 2.41. The van der Waals surface area contributed by atoms with E-state index in [-0.39, 0.29) is 42.6 Å². The molecule has 16 aromatic rings. The summed E-state index contributed by atoms with van der Waals surface area (Å²) in [6.45, 7) is 34.8. The van der Waals surface area contributed by atoms with Crippen LogP contribution in [0.5, 0.6) is 11.6 Å². The number of amides is 5. The number of nitro groups is 1. The smallest absolute Gasteiger partial charge is 0.269 e. The van der Waals surface area contributed by atoms with Crippen LogP contribution in [-0.2, 0) is 4.74 Å². The van der Waals surface area contributed by atoms with Gasteiger partial charge in [-0.1, -0.05) is 103 Å². The van der Waals surface area contributed by atoms with Crippen molar-refractivity contribution < 1.29 is 38.4 Å². The Morgan fingerprint density at radius 3 is 0.985 bits per heavy atom. The van der Waals surface area contributed by atoms with Crippen molar-refractivity contribution in [2.75, 3.05) is 75.8 Å². The monoisotopic (exact) mass is 1900 g/mol. The molecule has 31 heteroatoms. The summed E-state index contributed by atoms with van der Waals surface area (Å²) in [6.07, 6.45) is 10.3. The minimum absolute atomic E-state index is 0. The topological polar surface area (TPSA) is 321 Å². The molecule has 0 radical (unpaired) electrons. The second-order valence-electron chi connectivity index (χ2n) is 32.0. The summed E-state index contributed by atoms with van der Waals surface area (Å²) in [6, 6.07) is 59.4. The van der Waals surface area contributed by atoms with E-state index < -0.39 is 4.92 Å². The van der Waals surface area contributed by atoms with Gasteiger partial charge in [-0.2, -0.15) is 0 Å². The summed E-state index contributed by atoms with van der Waals surface area (Å²) < 4.78 is 11.3. The van der Waals surface area contributed by atoms with Crippen molar-refractivity contribution >= 4 is 135 Å². The van der Waals surface area contributed by atoms with Crippen LogP contribution in [-0.4, -0.2) is 114 Å². The highest BCUT2D eigenvalue weighted by Gasteiger charge is 2.24. The molecule has 2 aliphatic heterocycles. The van der Waals surface area contributed by atoms with Gasteiger partial charge in [0, 0.05) is 151 Å². The molecule has 9 heterocycles. The maximum atomic E-state index is 12.4. The number of morpholine rings is 1. The molecule has 5 amide bonds. The molecule has 18 rings (SSSR count). The molecule has 0 spiro atoms. The van der Waals surface area contributed by atoms with Crippen LogP contribution in [0.1, 0.15) is 140 Å². The van der Waals surface area contributed by atoms with Gasteiger partial charge in [0.1, 0.15) is 5.75 Å². The zero-order chi connectivity index (χ0) is 95.2. The summed E-state index contributed by atoms with van der Waals surface area (Å²) in [7, 11) is 0. The van der Waals surface area contributed by atoms with Crippen molar-refractivity contribution in [1.29, 1.82) is 0 Å². The number of pyridine rings is 1. The Balaban J connectivity index is 0.000000144. The van der Waals surface area contributed by atoms with Crippen molar-refractivity contribution in [2.45, 2.75) is 103 Å². The lowest BCUT2D eigenvalue weighted by molar-refractivity contribution is -0.384. The van der Waals surface area contributed by atoms with Crippen LogP contribution in [0, 0.1) is 92.8 Å². The molecular weight excluding hydrogens is 1800 g/mol. The van der Waals surface area contributed by atoms with Crippen molar-refractivity contribution in [1.82, 2.24) is 39.9 Å². The number of anilines is 7. The van der Waals surface area contributed by atoms with Crippen LogP contribution in [0.2, 0.25) is 0 Å². The number of aromatic nitrogens is 8. The maximum absolute atomic E-state index is 12.4. The number of nitrogens with one attached hydrogen (secondary N) is 5. The van der Waals surface area contributed by atoms with E-state index in [1.165, 1.54) is 122 Å². The number of non-ortho nitro benzene ring substituents is 1. The van der Waals surface area contributed by atoms with Crippen LogP contribution in [0.25, 0.3) is 61.1 Å². The fourth-order valence-corrected chi connectivity index (χ4v) is 19.3. The quantitative estimate of drug-likeness (QED) is 0.0269. The zero-order valence-electron chi connectivity index (χ0n) is 76.1. The molecule has 136 heavy (non-hydrogen) atoms. The van der Waals surface area contributed by atoms with E-state index in [0.717, 1.165) is 129 Å². The number of benzene rings is 9. The Kier molecular flexibility index (Phi) is 33.7. The predicted octanol–water partition coefficient (Wildman–Crippen LogP) is 25.6. The molecule has 5 N–H and O–H groups in total. The largest absolute Gasteiger partial charge is 0.437 e. The number of aryl methyl sites for hydroxylation is 11. The van der Waals surface area contributed by atoms with E-state index in [0.29, 0.717) is 76.5 Å². The standard InChI is InChI=1S/C23H20N4O2S.C23H25N3OS.C22H23N3O2S.C18H14N4OS.C18H15N3O3S.CH4/c1-14-9-18(29-20-12-24-11-16(3)25-20)10-15(2)21(14)19-13-30-23(26-19)27-22(28)17-7-5-4-6-8-17;1-16-13-19(26-11-7-4-8-12-26)14-17(2)21(16)20-15-28-23(24-20)25-22(27)18-9-5-3-6-10-18;1-15-12-18(25-8-10-27-11-9-25)13-16(2)20(15)19-14-28-22(23-19)24-21(26)17-6-4-3-5-7-17;1-11-8-14(19-3)9-12(2)16(11)15-10-24-18(21-15)22-17(23)13-4-6-20-7-5-13;1-11-8-14(21(23)24)9-12(2)16(11)15-10-25-18(19-15)20-17(22)13-6-4-3-5-7-13;/h4-13H,1-3H3,(H,26,27,28);3,5-6,9-10,13-15H,4,7-8,11-12H2,1-2H3,(H,24,25,27);3-7,12-14H,8-11H2,1-2H3,(H,23,24,26);4-10H,1-2H3,(H,21,22,23);3-10H,1-2H3,(H,19,20,22);1H4. The molecular formula is C105H101N17O9S5. The van der Waals surface area contributed by atoms with Gasteiger partial charge in [0.25, 0.3) is 35.2 Å². The van der Waals surface area contributed by atoms with Gasteiger partial charge >= 0.3 is 0 Å². The average molecular weight is 1910 g/mol. The van der Waals surface area contributed by atoms with E-state index in [1.807, 2.05) is 160 Å². The summed E-state index contributed by atoms with van der Waals surface area (Å²) >= 11 is 7.01. The van der Waals surface area contributed by atoms with Crippen molar-refractivity contribution in [3.05, 3.63) is 356 Å². The molecule has 0 aliphatic carbocycles. The number of carbonyl (C=O) groups excluding carboxylic acids is 5. The van der Waals surface area contributed by atoms with Crippen molar-refractivity contribution in [3.8, 4) is 67.9 Å². The van der Waals surface area contributed by atoms with Crippen LogP contribution >= 0.6 is 56.7 Å². The summed E-state index contributed by atoms with van der Waals surface area (Å²) in [5.41, 5.74) is 26.7. The van der Waals surface area contributed by atoms with E-state index in [1.54, 1.807) is 97.6 Å². The van der Waals surface area contributed by atoms with Gasteiger partial charge in [0.05, 0.1) is 65.1 Å². The van der Waals surface area contributed by atoms with Crippen LogP contribution in [0.3, 0.4) is 0 Å². The number of thiazole rings is 5. The minimum atomic E-state index is -0.406. The lowest BCUT2D eigenvalue weighted by Gasteiger charge is -2.30. The molecule has 26 nitrogen and oxygen atoms in total. The Hall–Kier alpha value is -15.0. The van der Waals surface area contributed by atoms with Gasteiger partial charge in [-0.25, -0.2) is 34.7 Å². The summed E-state index contributed by atoms with van der Waals surface area (Å²) in [5, 5.41) is 37.8. The molecule has 0 bridgehead atoms. The van der Waals surface area contributed by atoms with E-state index in [4.69, 9.17) is 16.0 Å². The Bertz CT molecular complexity index is 6690. The normalized spacial score (nSPS) is 11.9. The molecule has 0 unspecified atom stereocenters. The first-order chi connectivity index (χ1) is 65.3. The van der Waals surface area contributed by atoms with Gasteiger partial charge in [-0.3, -0.25) is 70.6 Å². The fraction of sp³-hybridized carbons (Fsp3) is 0.200. The van der Waals surface area contributed by atoms with Gasteiger partial charge in [-0.05, 0) is 237 Å². The third kappa shape index (κ3) is 25.7. The number of piperidine rings is 1. The van der Waals surface area contributed by atoms with Gasteiger partial charge in [0.2, 0.25) is 5.88 Å². The lowest BCUT2D eigenvalue weighted by atomic mass is 9.98. The molecule has 0 saturated carbocycles.